The molecule has 0 bridgehead atoms. The molecular weight excluding hydrogens is 474 g/mol. The summed E-state index contributed by atoms with van der Waals surface area (Å²) < 4.78 is 44.4. The maximum absolute atomic E-state index is 13.5. The minimum absolute atomic E-state index is 0.0819. The number of ether oxygens (including phenoxy) is 3. The number of nitro groups is 1. The Hall–Kier alpha value is -2.44. The predicted molar refractivity (Wildman–Crippen MR) is 120 cm³/mol. The molecule has 0 atom stereocenters. The molecule has 0 saturated carbocycles. The Balaban J connectivity index is 1.57. The van der Waals surface area contributed by atoms with Crippen molar-refractivity contribution in [2.75, 3.05) is 46.2 Å². The Morgan fingerprint density at radius 2 is 1.85 bits per heavy atom. The van der Waals surface area contributed by atoms with Crippen molar-refractivity contribution in [2.24, 2.45) is 0 Å². The number of nitrogens with zero attached hydrogens (tertiary/aromatic N) is 3. The number of nitro benzene ring substituents is 1. The smallest absolute Gasteiger partial charge is 0.289 e. The van der Waals surface area contributed by atoms with Crippen molar-refractivity contribution in [3.05, 3.63) is 57.1 Å². The van der Waals surface area contributed by atoms with Crippen LogP contribution in [-0.2, 0) is 21.3 Å². The molecule has 1 fully saturated rings. The summed E-state index contributed by atoms with van der Waals surface area (Å²) >= 11 is 5.88. The van der Waals surface area contributed by atoms with Crippen molar-refractivity contribution in [3.8, 4) is 11.5 Å². The van der Waals surface area contributed by atoms with Crippen molar-refractivity contribution in [3.63, 3.8) is 0 Å². The molecule has 2 heterocycles. The van der Waals surface area contributed by atoms with Crippen molar-refractivity contribution in [2.45, 2.75) is 17.9 Å². The molecular formula is C21H24ClN3O7S. The van der Waals surface area contributed by atoms with Crippen molar-refractivity contribution in [1.82, 2.24) is 9.21 Å². The van der Waals surface area contributed by atoms with Crippen LogP contribution in [0.25, 0.3) is 0 Å². The van der Waals surface area contributed by atoms with Gasteiger partial charge in [0, 0.05) is 32.2 Å². The average molecular weight is 498 g/mol. The molecule has 0 radical (unpaired) electrons. The number of benzene rings is 2. The third kappa shape index (κ3) is 5.56. The molecule has 2 aliphatic heterocycles. The molecule has 0 N–H and O–H groups in total. The molecule has 0 unspecified atom stereocenters. The van der Waals surface area contributed by atoms with Gasteiger partial charge in [-0.15, -0.1) is 0 Å². The molecule has 2 aromatic rings. The molecule has 0 spiro atoms. The zero-order valence-corrected chi connectivity index (χ0v) is 19.4. The summed E-state index contributed by atoms with van der Waals surface area (Å²) in [6.45, 7) is 4.09. The van der Waals surface area contributed by atoms with Crippen LogP contribution in [-0.4, -0.2) is 68.7 Å². The van der Waals surface area contributed by atoms with Gasteiger partial charge in [0.25, 0.3) is 5.69 Å². The van der Waals surface area contributed by atoms with Crippen LogP contribution in [0, 0.1) is 10.1 Å². The van der Waals surface area contributed by atoms with E-state index in [9.17, 15) is 18.5 Å². The van der Waals surface area contributed by atoms with Crippen LogP contribution in [0.5, 0.6) is 11.5 Å². The quantitative estimate of drug-likeness (QED) is 0.384. The van der Waals surface area contributed by atoms with Crippen molar-refractivity contribution >= 4 is 27.3 Å². The standard InChI is InChI=1S/C21H24ClN3O7S/c22-18-4-3-17(13-19(18)25(26)27)33(28,29)24(7-1-6-23-8-10-30-11-9-23)14-16-2-5-20-21(12-16)32-15-31-20/h2-5,12-13H,1,6-11,14-15H2. The first-order valence-corrected chi connectivity index (χ1v) is 12.3. The first kappa shape index (κ1) is 23.7. The lowest BCUT2D eigenvalue weighted by atomic mass is 10.2. The summed E-state index contributed by atoms with van der Waals surface area (Å²) in [4.78, 5) is 12.6. The molecule has 33 heavy (non-hydrogen) atoms. The fourth-order valence-electron chi connectivity index (χ4n) is 3.76. The van der Waals surface area contributed by atoms with E-state index in [1.54, 1.807) is 18.2 Å². The van der Waals surface area contributed by atoms with Gasteiger partial charge in [-0.05, 0) is 42.8 Å². The predicted octanol–water partition coefficient (Wildman–Crippen LogP) is 2.89. The molecule has 2 aliphatic rings. The van der Waals surface area contributed by atoms with Gasteiger partial charge < -0.3 is 14.2 Å². The van der Waals surface area contributed by atoms with E-state index in [0.29, 0.717) is 31.1 Å². The van der Waals surface area contributed by atoms with Gasteiger partial charge in [-0.25, -0.2) is 8.42 Å². The van der Waals surface area contributed by atoms with E-state index in [1.165, 1.54) is 16.4 Å². The first-order valence-electron chi connectivity index (χ1n) is 10.5. The Morgan fingerprint density at radius 3 is 2.61 bits per heavy atom. The van der Waals surface area contributed by atoms with E-state index >= 15 is 0 Å². The summed E-state index contributed by atoms with van der Waals surface area (Å²) in [6, 6.07) is 8.80. The van der Waals surface area contributed by atoms with Gasteiger partial charge in [-0.3, -0.25) is 15.0 Å². The Bertz CT molecular complexity index is 1120. The molecule has 0 aromatic heterocycles. The first-order chi connectivity index (χ1) is 15.8. The highest BCUT2D eigenvalue weighted by Gasteiger charge is 2.28. The molecule has 12 heteroatoms. The topological polar surface area (TPSA) is 111 Å². The summed E-state index contributed by atoms with van der Waals surface area (Å²) in [6.07, 6.45) is 0.597. The zero-order chi connectivity index (χ0) is 23.4. The molecule has 0 amide bonds. The number of hydrogen-bond donors (Lipinski definition) is 0. The van der Waals surface area contributed by atoms with Gasteiger partial charge in [0.1, 0.15) is 5.02 Å². The third-order valence-electron chi connectivity index (χ3n) is 5.53. The second-order valence-corrected chi connectivity index (χ2v) is 10.0. The van der Waals surface area contributed by atoms with Crippen molar-refractivity contribution in [1.29, 1.82) is 0 Å². The van der Waals surface area contributed by atoms with Crippen LogP contribution in [0.3, 0.4) is 0 Å². The maximum Gasteiger partial charge on any atom is 0.289 e. The minimum Gasteiger partial charge on any atom is -0.454 e. The van der Waals surface area contributed by atoms with Crippen molar-refractivity contribution < 1.29 is 27.6 Å². The molecule has 0 aliphatic carbocycles. The van der Waals surface area contributed by atoms with Crippen LogP contribution >= 0.6 is 11.6 Å². The van der Waals surface area contributed by atoms with E-state index in [2.05, 4.69) is 4.90 Å². The van der Waals surface area contributed by atoms with E-state index in [-0.39, 0.29) is 29.8 Å². The van der Waals surface area contributed by atoms with E-state index in [1.807, 2.05) is 0 Å². The van der Waals surface area contributed by atoms with Crippen LogP contribution in [0.4, 0.5) is 5.69 Å². The summed E-state index contributed by atoms with van der Waals surface area (Å²) in [5.74, 6) is 1.16. The Kier molecular flexibility index (Phi) is 7.35. The average Bonchev–Trinajstić information content (AvgIpc) is 3.27. The number of fused-ring (bicyclic) bond motifs is 1. The number of rotatable bonds is 9. The van der Waals surface area contributed by atoms with Crippen LogP contribution < -0.4 is 9.47 Å². The third-order valence-corrected chi connectivity index (χ3v) is 7.69. The Labute approximate surface area is 196 Å². The highest BCUT2D eigenvalue weighted by Crippen LogP contribution is 2.34. The lowest BCUT2D eigenvalue weighted by Gasteiger charge is -2.28. The molecule has 1 saturated heterocycles. The second-order valence-electron chi connectivity index (χ2n) is 7.70. The number of hydrogen-bond acceptors (Lipinski definition) is 8. The number of sulfonamides is 1. The number of morpholine rings is 1. The summed E-state index contributed by atoms with van der Waals surface area (Å²) in [7, 11) is -4.03. The SMILES string of the molecule is O=[N+]([O-])c1cc(S(=O)(=O)N(CCCN2CCOCC2)Cc2ccc3c(c2)OCO3)ccc1Cl. The second kappa shape index (κ2) is 10.2. The fourth-order valence-corrected chi connectivity index (χ4v) is 5.44. The van der Waals surface area contributed by atoms with E-state index in [4.69, 9.17) is 25.8 Å². The molecule has 4 rings (SSSR count). The minimum atomic E-state index is -4.03. The van der Waals surface area contributed by atoms with Gasteiger partial charge in [0.2, 0.25) is 16.8 Å². The van der Waals surface area contributed by atoms with Gasteiger partial charge in [-0.2, -0.15) is 4.31 Å². The van der Waals surface area contributed by atoms with Gasteiger partial charge in [0.05, 0.1) is 23.0 Å². The monoisotopic (exact) mass is 497 g/mol. The fraction of sp³-hybridized carbons (Fsp3) is 0.429. The summed E-state index contributed by atoms with van der Waals surface area (Å²) in [5, 5.41) is 11.2. The van der Waals surface area contributed by atoms with Crippen LogP contribution in [0.15, 0.2) is 41.3 Å². The lowest BCUT2D eigenvalue weighted by Crippen LogP contribution is -2.39. The van der Waals surface area contributed by atoms with E-state index in [0.717, 1.165) is 31.3 Å². The molecule has 10 nitrogen and oxygen atoms in total. The van der Waals surface area contributed by atoms with Gasteiger partial charge >= 0.3 is 0 Å². The van der Waals surface area contributed by atoms with Crippen LogP contribution in [0.1, 0.15) is 12.0 Å². The van der Waals surface area contributed by atoms with Crippen LogP contribution in [0.2, 0.25) is 5.02 Å². The van der Waals surface area contributed by atoms with Gasteiger partial charge in [-0.1, -0.05) is 17.7 Å². The largest absolute Gasteiger partial charge is 0.454 e. The summed E-state index contributed by atoms with van der Waals surface area (Å²) in [5.41, 5.74) is 0.270. The van der Waals surface area contributed by atoms with E-state index < -0.39 is 20.6 Å². The van der Waals surface area contributed by atoms with Gasteiger partial charge in [0.15, 0.2) is 11.5 Å². The highest BCUT2D eigenvalue weighted by atomic mass is 35.5. The Morgan fingerprint density at radius 1 is 1.09 bits per heavy atom. The maximum atomic E-state index is 13.5. The lowest BCUT2D eigenvalue weighted by molar-refractivity contribution is -0.384. The highest BCUT2D eigenvalue weighted by molar-refractivity contribution is 7.89. The molecule has 178 valence electrons. The number of halogens is 1. The molecule has 2 aromatic carbocycles. The normalized spacial score (nSPS) is 16.3. The zero-order valence-electron chi connectivity index (χ0n) is 17.8.